The van der Waals surface area contributed by atoms with Crippen molar-refractivity contribution in [3.63, 3.8) is 0 Å². The first kappa shape index (κ1) is 27.5. The molecule has 2 amide bonds. The van der Waals surface area contributed by atoms with Crippen LogP contribution < -0.4 is 5.32 Å². The van der Waals surface area contributed by atoms with E-state index in [0.29, 0.717) is 25.3 Å². The fourth-order valence-corrected chi connectivity index (χ4v) is 4.96. The van der Waals surface area contributed by atoms with E-state index in [4.69, 9.17) is 0 Å². The molecule has 0 spiro atoms. The van der Waals surface area contributed by atoms with Crippen LogP contribution in [0.4, 0.5) is 0 Å². The maximum atomic E-state index is 13.7. The topological polar surface area (TPSA) is 49.4 Å². The normalized spacial score (nSPS) is 11.6. The lowest BCUT2D eigenvalue weighted by Gasteiger charge is -2.31. The number of amides is 2. The van der Waals surface area contributed by atoms with Gasteiger partial charge >= 0.3 is 0 Å². The molecule has 0 aliphatic carbocycles. The minimum absolute atomic E-state index is 0.0137. The summed E-state index contributed by atoms with van der Waals surface area (Å²) in [4.78, 5) is 28.9. The summed E-state index contributed by atoms with van der Waals surface area (Å²) in [6, 6.07) is 26.0. The predicted octanol–water partition coefficient (Wildman–Crippen LogP) is 6.09. The summed E-state index contributed by atoms with van der Waals surface area (Å²) in [5.41, 5.74) is 5.64. The van der Waals surface area contributed by atoms with Gasteiger partial charge in [0.1, 0.15) is 6.04 Å². The Labute approximate surface area is 220 Å². The van der Waals surface area contributed by atoms with E-state index < -0.39 is 6.04 Å². The quantitative estimate of drug-likeness (QED) is 0.288. The molecule has 0 saturated heterocycles. The van der Waals surface area contributed by atoms with Gasteiger partial charge in [-0.25, -0.2) is 0 Å². The molecular weight excluding hydrogens is 464 g/mol. The minimum atomic E-state index is -0.572. The molecule has 3 rings (SSSR count). The third-order valence-electron chi connectivity index (χ3n) is 6.15. The van der Waals surface area contributed by atoms with Crippen LogP contribution in [-0.4, -0.2) is 35.1 Å². The first-order valence-corrected chi connectivity index (χ1v) is 13.9. The number of hydrogen-bond acceptors (Lipinski definition) is 3. The number of carbonyl (C=O) groups excluding carboxylic acids is 2. The van der Waals surface area contributed by atoms with Crippen LogP contribution in [0.3, 0.4) is 0 Å². The smallest absolute Gasteiger partial charge is 0.243 e. The third-order valence-corrected chi connectivity index (χ3v) is 7.14. The van der Waals surface area contributed by atoms with E-state index >= 15 is 0 Å². The summed E-state index contributed by atoms with van der Waals surface area (Å²) in [6.45, 7) is 7.25. The summed E-state index contributed by atoms with van der Waals surface area (Å²) < 4.78 is 0. The Balaban J connectivity index is 1.82. The van der Waals surface area contributed by atoms with Crippen LogP contribution in [0.5, 0.6) is 0 Å². The van der Waals surface area contributed by atoms with E-state index in [2.05, 4.69) is 49.5 Å². The Hall–Kier alpha value is -3.05. The number of hydrogen-bond donors (Lipinski definition) is 1. The van der Waals surface area contributed by atoms with Gasteiger partial charge in [-0.2, -0.15) is 0 Å². The summed E-state index contributed by atoms with van der Waals surface area (Å²) in [6.07, 6.45) is 2.41. The molecule has 1 unspecified atom stereocenters. The van der Waals surface area contributed by atoms with Gasteiger partial charge < -0.3 is 10.2 Å². The molecule has 0 bridgehead atoms. The van der Waals surface area contributed by atoms with Crippen LogP contribution in [0.25, 0.3) is 0 Å². The zero-order chi connectivity index (χ0) is 25.8. The second-order valence-corrected chi connectivity index (χ2v) is 10.3. The van der Waals surface area contributed by atoms with E-state index in [9.17, 15) is 9.59 Å². The van der Waals surface area contributed by atoms with Crippen molar-refractivity contribution in [2.24, 2.45) is 0 Å². The zero-order valence-corrected chi connectivity index (χ0v) is 22.5. The fraction of sp³-hybridized carbons (Fsp3) is 0.355. The minimum Gasteiger partial charge on any atom is -0.354 e. The Kier molecular flexibility index (Phi) is 11.1. The second kappa shape index (κ2) is 14.5. The van der Waals surface area contributed by atoms with Crippen molar-refractivity contribution in [3.05, 3.63) is 107 Å². The van der Waals surface area contributed by atoms with E-state index in [-0.39, 0.29) is 11.8 Å². The van der Waals surface area contributed by atoms with Crippen molar-refractivity contribution < 1.29 is 9.59 Å². The van der Waals surface area contributed by atoms with Gasteiger partial charge in [-0.3, -0.25) is 9.59 Å². The molecule has 5 heteroatoms. The van der Waals surface area contributed by atoms with Gasteiger partial charge in [-0.05, 0) is 37.0 Å². The predicted molar refractivity (Wildman–Crippen MR) is 151 cm³/mol. The Morgan fingerprint density at radius 2 is 1.58 bits per heavy atom. The summed E-state index contributed by atoms with van der Waals surface area (Å²) in [5.74, 6) is 0.987. The van der Waals surface area contributed by atoms with E-state index in [1.807, 2.05) is 55.5 Å². The molecule has 0 heterocycles. The summed E-state index contributed by atoms with van der Waals surface area (Å²) in [7, 11) is 0. The van der Waals surface area contributed by atoms with Gasteiger partial charge in [0.2, 0.25) is 11.8 Å². The number of nitrogens with one attached hydrogen (secondary N) is 1. The average Bonchev–Trinajstić information content (AvgIpc) is 2.88. The molecule has 190 valence electrons. The molecule has 1 N–H and O–H groups in total. The Morgan fingerprint density at radius 3 is 2.28 bits per heavy atom. The van der Waals surface area contributed by atoms with Crippen molar-refractivity contribution in [1.82, 2.24) is 10.2 Å². The van der Waals surface area contributed by atoms with Crippen LogP contribution in [0.15, 0.2) is 78.9 Å². The number of unbranched alkanes of at least 4 members (excludes halogenated alkanes) is 1. The van der Waals surface area contributed by atoms with Gasteiger partial charge in [-0.15, -0.1) is 11.8 Å². The van der Waals surface area contributed by atoms with Gasteiger partial charge in [0.05, 0.1) is 5.75 Å². The number of benzene rings is 3. The molecule has 0 fully saturated rings. The summed E-state index contributed by atoms with van der Waals surface area (Å²) in [5, 5.41) is 3.08. The van der Waals surface area contributed by atoms with E-state index in [1.165, 1.54) is 11.1 Å². The second-order valence-electron chi connectivity index (χ2n) is 9.34. The highest BCUT2D eigenvalue weighted by atomic mass is 32.2. The Bertz CT molecular complexity index is 1100. The van der Waals surface area contributed by atoms with Gasteiger partial charge in [0.15, 0.2) is 0 Å². The number of nitrogens with zero attached hydrogens (tertiary/aromatic N) is 1. The van der Waals surface area contributed by atoms with Gasteiger partial charge in [0.25, 0.3) is 0 Å². The largest absolute Gasteiger partial charge is 0.354 e. The molecule has 4 nitrogen and oxygen atoms in total. The van der Waals surface area contributed by atoms with Crippen molar-refractivity contribution in [3.8, 4) is 0 Å². The van der Waals surface area contributed by atoms with Crippen molar-refractivity contribution in [2.45, 2.75) is 58.4 Å². The molecule has 3 aromatic rings. The van der Waals surface area contributed by atoms with Crippen LogP contribution >= 0.6 is 11.8 Å². The lowest BCUT2D eigenvalue weighted by Crippen LogP contribution is -2.51. The number of carbonyl (C=O) groups is 2. The van der Waals surface area contributed by atoms with Gasteiger partial charge in [-0.1, -0.05) is 103 Å². The molecule has 1 atom stereocenters. The highest BCUT2D eigenvalue weighted by Gasteiger charge is 2.30. The summed E-state index contributed by atoms with van der Waals surface area (Å²) >= 11 is 1.60. The number of aryl methyl sites for hydroxylation is 2. The fourth-order valence-electron chi connectivity index (χ4n) is 4.09. The molecule has 36 heavy (non-hydrogen) atoms. The Morgan fingerprint density at radius 1 is 0.861 bits per heavy atom. The molecule has 0 aromatic heterocycles. The van der Waals surface area contributed by atoms with Crippen LogP contribution in [0, 0.1) is 13.8 Å². The number of thioether (sulfide) groups is 1. The average molecular weight is 503 g/mol. The van der Waals surface area contributed by atoms with E-state index in [1.54, 1.807) is 16.7 Å². The molecule has 0 aliphatic rings. The standard InChI is InChI=1S/C31H38N2O2S/c1-4-5-18-32-31(35)29(20-26-11-7-6-8-12-26)33(21-28-13-9-10-25(3)19-28)30(34)23-36-22-27-16-14-24(2)15-17-27/h6-17,19,29H,4-5,18,20-23H2,1-3H3,(H,32,35). The monoisotopic (exact) mass is 502 g/mol. The number of rotatable bonds is 13. The molecule has 0 aliphatic heterocycles. The van der Waals surface area contributed by atoms with Crippen molar-refractivity contribution in [1.29, 1.82) is 0 Å². The lowest BCUT2D eigenvalue weighted by molar-refractivity contribution is -0.139. The third kappa shape index (κ3) is 8.87. The maximum absolute atomic E-state index is 13.7. The molecule has 0 radical (unpaired) electrons. The van der Waals surface area contributed by atoms with Crippen LogP contribution in [-0.2, 0) is 28.3 Å². The SMILES string of the molecule is CCCCNC(=O)C(Cc1ccccc1)N(Cc1cccc(C)c1)C(=O)CSCc1ccc(C)cc1. The first-order valence-electron chi connectivity index (χ1n) is 12.8. The van der Waals surface area contributed by atoms with Crippen LogP contribution in [0.1, 0.15) is 47.6 Å². The van der Waals surface area contributed by atoms with E-state index in [0.717, 1.165) is 35.3 Å². The lowest BCUT2D eigenvalue weighted by atomic mass is 10.0. The highest BCUT2D eigenvalue weighted by molar-refractivity contribution is 7.99. The highest BCUT2D eigenvalue weighted by Crippen LogP contribution is 2.19. The van der Waals surface area contributed by atoms with Crippen molar-refractivity contribution >= 4 is 23.6 Å². The first-order chi connectivity index (χ1) is 17.5. The van der Waals surface area contributed by atoms with Gasteiger partial charge in [0, 0.05) is 25.3 Å². The maximum Gasteiger partial charge on any atom is 0.243 e. The molecular formula is C31H38N2O2S. The zero-order valence-electron chi connectivity index (χ0n) is 21.7. The molecule has 3 aromatic carbocycles. The van der Waals surface area contributed by atoms with Crippen LogP contribution in [0.2, 0.25) is 0 Å². The molecule has 0 saturated carbocycles. The van der Waals surface area contributed by atoms with Crippen molar-refractivity contribution in [2.75, 3.05) is 12.3 Å².